The van der Waals surface area contributed by atoms with Crippen LogP contribution in [0.4, 0.5) is 0 Å². The van der Waals surface area contributed by atoms with E-state index in [2.05, 4.69) is 9.88 Å². The van der Waals surface area contributed by atoms with Gasteiger partial charge in [-0.1, -0.05) is 0 Å². The minimum atomic E-state index is -3.55. The van der Waals surface area contributed by atoms with E-state index in [0.717, 1.165) is 10.0 Å². The molecule has 85 valence electrons. The fraction of sp³-hybridized carbons (Fsp3) is 0.333. The Balaban J connectivity index is 0.00000196. The molecule has 0 aromatic heterocycles. The van der Waals surface area contributed by atoms with E-state index in [4.69, 9.17) is 5.14 Å². The zero-order chi connectivity index (χ0) is 10.8. The first-order valence-electron chi connectivity index (χ1n) is 4.31. The van der Waals surface area contributed by atoms with Crippen molar-refractivity contribution in [2.45, 2.75) is 19.2 Å². The van der Waals surface area contributed by atoms with Gasteiger partial charge in [0.2, 0.25) is 0 Å². The van der Waals surface area contributed by atoms with Gasteiger partial charge in [0.1, 0.15) is 0 Å². The monoisotopic (exact) mass is 338 g/mol. The van der Waals surface area contributed by atoms with Crippen molar-refractivity contribution >= 4 is 29.8 Å². The van der Waals surface area contributed by atoms with Gasteiger partial charge in [-0.3, -0.25) is 0 Å². The van der Waals surface area contributed by atoms with Gasteiger partial charge < -0.3 is 5.48 Å². The van der Waals surface area contributed by atoms with Crippen LogP contribution in [-0.4, -0.2) is 33.7 Å². The average Bonchev–Trinajstić information content (AvgIpc) is 2.01. The summed E-state index contributed by atoms with van der Waals surface area (Å²) in [5.74, 6) is 0. The fourth-order valence-electron chi connectivity index (χ4n) is 1.31. The summed E-state index contributed by atoms with van der Waals surface area (Å²) in [6.07, 6.45) is 0. The van der Waals surface area contributed by atoms with E-state index in [9.17, 15) is 8.42 Å². The second-order valence-corrected chi connectivity index (χ2v) is 13.0. The summed E-state index contributed by atoms with van der Waals surface area (Å²) in [6.45, 7) is 0. The normalized spacial score (nSPS) is 11.2. The Hall–Kier alpha value is -0.111. The third-order valence-electron chi connectivity index (χ3n) is 1.82. The maximum absolute atomic E-state index is 11.2. The number of hydrogen-bond donors (Lipinski definition) is 1. The van der Waals surface area contributed by atoms with E-state index < -0.39 is 29.8 Å². The molecule has 15 heavy (non-hydrogen) atoms. The van der Waals surface area contributed by atoms with Gasteiger partial charge in [0.05, 0.1) is 0 Å². The molecule has 0 heterocycles. The average molecular weight is 337 g/mol. The summed E-state index contributed by atoms with van der Waals surface area (Å²) in [6, 6.07) is 7.00. The number of rotatable bonds is 3. The van der Waals surface area contributed by atoms with Gasteiger partial charge in [0.25, 0.3) is 0 Å². The van der Waals surface area contributed by atoms with Crippen molar-refractivity contribution in [1.82, 2.24) is 0 Å². The Bertz CT molecular complexity index is 417. The van der Waals surface area contributed by atoms with Crippen LogP contribution in [0.25, 0.3) is 0 Å². The molecule has 1 radical (unpaired) electrons. The molecule has 0 aliphatic carbocycles. The van der Waals surface area contributed by atoms with Crippen molar-refractivity contribution in [3.05, 3.63) is 29.8 Å². The molecule has 4 nitrogen and oxygen atoms in total. The van der Waals surface area contributed by atoms with Crippen LogP contribution >= 0.6 is 0 Å². The minimum absolute atomic E-state index is 0. The zero-order valence-corrected chi connectivity index (χ0v) is 12.5. The molecule has 0 saturated heterocycles. The molecule has 0 aliphatic rings. The van der Waals surface area contributed by atoms with Gasteiger partial charge in [-0.05, 0) is 0 Å². The van der Waals surface area contributed by atoms with Gasteiger partial charge in [-0.2, -0.15) is 0 Å². The quantitative estimate of drug-likeness (QED) is 0.806. The molecule has 0 fully saturated rings. The first kappa shape index (κ1) is 14.9. The molecular formula is C9H16NO3SSn. The Labute approximate surface area is 97.6 Å². The van der Waals surface area contributed by atoms with E-state index in [0.29, 0.717) is 4.90 Å². The van der Waals surface area contributed by atoms with Crippen molar-refractivity contribution in [2.24, 2.45) is 5.14 Å². The number of primary sulfonamides is 1. The topological polar surface area (TPSA) is 91.7 Å². The van der Waals surface area contributed by atoms with Crippen LogP contribution in [0.1, 0.15) is 5.56 Å². The van der Waals surface area contributed by atoms with Gasteiger partial charge >= 0.3 is 92.4 Å². The maximum atomic E-state index is 11.2. The number of benzene rings is 1. The van der Waals surface area contributed by atoms with Crippen LogP contribution < -0.4 is 5.14 Å². The molecule has 4 N–H and O–H groups in total. The Morgan fingerprint density at radius 2 is 1.80 bits per heavy atom. The van der Waals surface area contributed by atoms with Gasteiger partial charge in [-0.15, -0.1) is 0 Å². The van der Waals surface area contributed by atoms with Crippen LogP contribution in [0.3, 0.4) is 0 Å². The standard InChI is InChI=1S/C7H8NO2S.2CH3.H2O.Sn/c1-6-4-2-3-5-7(6)11(8,9)10;;;;/h2-5H,1H2,(H2,8,9,10);2*1H3;1H2;. The molecule has 0 amide bonds. The molecule has 0 saturated carbocycles. The van der Waals surface area contributed by atoms with Crippen molar-refractivity contribution in [3.8, 4) is 0 Å². The van der Waals surface area contributed by atoms with Crippen LogP contribution in [0, 0.1) is 0 Å². The molecule has 0 aliphatic heterocycles. The van der Waals surface area contributed by atoms with Crippen LogP contribution in [0.2, 0.25) is 9.88 Å². The van der Waals surface area contributed by atoms with E-state index in [1.807, 2.05) is 12.1 Å². The van der Waals surface area contributed by atoms with Gasteiger partial charge in [0.15, 0.2) is 0 Å². The number of nitrogens with two attached hydrogens (primary N) is 1. The van der Waals surface area contributed by atoms with Gasteiger partial charge in [-0.25, -0.2) is 0 Å². The fourth-order valence-corrected chi connectivity index (χ4v) is 5.50. The van der Waals surface area contributed by atoms with E-state index in [1.54, 1.807) is 12.1 Å². The first-order chi connectivity index (χ1) is 6.41. The molecule has 0 spiro atoms. The number of sulfonamides is 1. The summed E-state index contributed by atoms with van der Waals surface area (Å²) in [5.41, 5.74) is 0.884. The predicted octanol–water partition coefficient (Wildman–Crippen LogP) is 0.345. The van der Waals surface area contributed by atoms with Crippen LogP contribution in [0.15, 0.2) is 29.2 Å². The summed E-state index contributed by atoms with van der Waals surface area (Å²) in [5, 5.41) is 5.13. The van der Waals surface area contributed by atoms with Crippen molar-refractivity contribution < 1.29 is 13.9 Å². The summed E-state index contributed by atoms with van der Waals surface area (Å²) in [4.78, 5) is 4.77. The van der Waals surface area contributed by atoms with Gasteiger partial charge in [0, 0.05) is 0 Å². The van der Waals surface area contributed by atoms with Crippen molar-refractivity contribution in [2.75, 3.05) is 0 Å². The molecule has 0 unspecified atom stereocenters. The Kier molecular flexibility index (Phi) is 5.79. The van der Waals surface area contributed by atoms with E-state index >= 15 is 0 Å². The Morgan fingerprint density at radius 3 is 2.27 bits per heavy atom. The molecule has 0 atom stereocenters. The number of hydrogen-bond acceptors (Lipinski definition) is 2. The zero-order valence-electron chi connectivity index (χ0n) is 8.82. The third kappa shape index (κ3) is 4.50. The predicted molar refractivity (Wildman–Crippen MR) is 62.6 cm³/mol. The summed E-state index contributed by atoms with van der Waals surface area (Å²) >= 11 is -1.33. The Morgan fingerprint density at radius 1 is 1.27 bits per heavy atom. The SMILES string of the molecule is O.[CH3][Sn]([CH3])[CH2]c1ccccc1S(N)(=O)=O. The molecule has 1 aromatic carbocycles. The summed E-state index contributed by atoms with van der Waals surface area (Å²) < 4.78 is 23.4. The first-order valence-corrected chi connectivity index (χ1v) is 13.6. The van der Waals surface area contributed by atoms with Crippen LogP contribution in [-0.2, 0) is 14.5 Å². The molecule has 6 heteroatoms. The second-order valence-electron chi connectivity index (χ2n) is 3.54. The summed E-state index contributed by atoms with van der Waals surface area (Å²) in [7, 11) is -3.55. The third-order valence-corrected chi connectivity index (χ3v) is 5.94. The second kappa shape index (κ2) is 5.83. The van der Waals surface area contributed by atoms with Crippen molar-refractivity contribution in [3.63, 3.8) is 0 Å². The van der Waals surface area contributed by atoms with Crippen LogP contribution in [0.5, 0.6) is 0 Å². The van der Waals surface area contributed by atoms with Crippen molar-refractivity contribution in [1.29, 1.82) is 0 Å². The van der Waals surface area contributed by atoms with E-state index in [1.165, 1.54) is 0 Å². The molecule has 1 aromatic rings. The molecule has 1 rings (SSSR count). The van der Waals surface area contributed by atoms with E-state index in [-0.39, 0.29) is 5.48 Å². The molecule has 0 bridgehead atoms. The molecular weight excluding hydrogens is 321 g/mol.